The van der Waals surface area contributed by atoms with Crippen LogP contribution in [-0.4, -0.2) is 26.2 Å². The van der Waals surface area contributed by atoms with Crippen molar-refractivity contribution in [3.05, 3.63) is 45.8 Å². The largest absolute Gasteiger partial charge is 0.372 e. The molecule has 1 fully saturated rings. The van der Waals surface area contributed by atoms with Crippen LogP contribution in [0.1, 0.15) is 31.1 Å². The normalized spacial score (nSPS) is 17.8. The summed E-state index contributed by atoms with van der Waals surface area (Å²) in [7, 11) is 0. The summed E-state index contributed by atoms with van der Waals surface area (Å²) in [5, 5.41) is 4.26. The number of hydrogen-bond donors (Lipinski definition) is 2. The van der Waals surface area contributed by atoms with E-state index in [1.54, 1.807) is 0 Å². The Morgan fingerprint density at radius 1 is 1.23 bits per heavy atom. The molecule has 136 valence electrons. The standard InChI is InChI=1S/C16H13F3N4O2S/c17-8-5-7(6-9(18)12(8)19)11-13(10-3-1-2-4-25-10)22-23-14(11)20-15(26)21-16(23)24/h5-6,10H,1-4H2,(H2,20,21,24,26). The van der Waals surface area contributed by atoms with E-state index in [0.29, 0.717) is 18.7 Å². The first-order valence-electron chi connectivity index (χ1n) is 7.94. The van der Waals surface area contributed by atoms with Crippen molar-refractivity contribution in [2.24, 2.45) is 0 Å². The molecule has 1 aliphatic heterocycles. The smallest absolute Gasteiger partial charge is 0.350 e. The predicted octanol–water partition coefficient (Wildman–Crippen LogP) is 3.03. The van der Waals surface area contributed by atoms with E-state index in [0.717, 1.165) is 29.5 Å². The lowest BCUT2D eigenvalue weighted by molar-refractivity contribution is 0.0125. The van der Waals surface area contributed by atoms with Crippen LogP contribution in [0.15, 0.2) is 22.1 Å². The first-order chi connectivity index (χ1) is 12.5. The summed E-state index contributed by atoms with van der Waals surface area (Å²) in [5.74, 6) is -4.25. The van der Waals surface area contributed by atoms with Gasteiger partial charge in [0.05, 0.1) is 5.56 Å². The number of aromatic amines is 1. The van der Waals surface area contributed by atoms with E-state index < -0.39 is 29.2 Å². The second-order valence-electron chi connectivity index (χ2n) is 5.97. The molecule has 0 spiro atoms. The van der Waals surface area contributed by atoms with E-state index in [-0.39, 0.29) is 21.9 Å². The van der Waals surface area contributed by atoms with Gasteiger partial charge in [0, 0.05) is 6.61 Å². The predicted molar refractivity (Wildman–Crippen MR) is 88.7 cm³/mol. The lowest BCUT2D eigenvalue weighted by Crippen LogP contribution is -2.19. The third-order valence-electron chi connectivity index (χ3n) is 4.27. The van der Waals surface area contributed by atoms with Gasteiger partial charge in [-0.25, -0.2) is 22.9 Å². The number of rotatable bonds is 2. The van der Waals surface area contributed by atoms with Gasteiger partial charge >= 0.3 is 5.69 Å². The molecule has 1 N–H and O–H groups in total. The van der Waals surface area contributed by atoms with E-state index in [9.17, 15) is 18.0 Å². The number of ether oxygens (including phenoxy) is 1. The summed E-state index contributed by atoms with van der Waals surface area (Å²) in [6.45, 7) is 0.506. The summed E-state index contributed by atoms with van der Waals surface area (Å²) in [4.78, 5) is 18.7. The Kier molecular flexibility index (Phi) is 4.23. The average molecular weight is 382 g/mol. The fraction of sp³-hybridized carbons (Fsp3) is 0.312. The van der Waals surface area contributed by atoms with Gasteiger partial charge in [0.25, 0.3) is 0 Å². The third-order valence-corrected chi connectivity index (χ3v) is 4.48. The molecule has 10 heteroatoms. The van der Waals surface area contributed by atoms with Crippen molar-refractivity contribution in [1.82, 2.24) is 19.6 Å². The molecule has 26 heavy (non-hydrogen) atoms. The Labute approximate surface area is 150 Å². The molecule has 0 aliphatic carbocycles. The number of fused-ring (bicyclic) bond motifs is 1. The molecule has 0 bridgehead atoms. The number of thiol groups is 1. The highest BCUT2D eigenvalue weighted by atomic mass is 32.1. The number of H-pyrrole nitrogens is 1. The van der Waals surface area contributed by atoms with Crippen molar-refractivity contribution in [3.8, 4) is 11.1 Å². The quantitative estimate of drug-likeness (QED) is 0.528. The van der Waals surface area contributed by atoms with Gasteiger partial charge in [0.15, 0.2) is 28.3 Å². The SMILES string of the molecule is O=c1[nH]c(S)nc2c(-c3cc(F)c(F)c(F)c3)c(C3CCCCO3)nn12. The molecule has 0 saturated carbocycles. The molecule has 0 amide bonds. The van der Waals surface area contributed by atoms with Gasteiger partial charge in [-0.05, 0) is 37.0 Å². The molecular formula is C16H13F3N4O2S. The molecule has 3 aromatic rings. The first kappa shape index (κ1) is 17.1. The highest BCUT2D eigenvalue weighted by Gasteiger charge is 2.28. The van der Waals surface area contributed by atoms with Crippen LogP contribution < -0.4 is 5.69 Å². The zero-order valence-corrected chi connectivity index (χ0v) is 14.2. The van der Waals surface area contributed by atoms with E-state index in [4.69, 9.17) is 4.74 Å². The first-order valence-corrected chi connectivity index (χ1v) is 8.39. The van der Waals surface area contributed by atoms with Crippen LogP contribution in [0, 0.1) is 17.5 Å². The highest BCUT2D eigenvalue weighted by molar-refractivity contribution is 7.80. The van der Waals surface area contributed by atoms with Crippen LogP contribution in [-0.2, 0) is 4.74 Å². The molecule has 0 radical (unpaired) electrons. The van der Waals surface area contributed by atoms with Crippen molar-refractivity contribution >= 4 is 18.3 Å². The van der Waals surface area contributed by atoms with Crippen LogP contribution >= 0.6 is 12.6 Å². The summed E-state index contributed by atoms with van der Waals surface area (Å²) in [6.07, 6.45) is 1.94. The minimum Gasteiger partial charge on any atom is -0.372 e. The van der Waals surface area contributed by atoms with Gasteiger partial charge in [-0.15, -0.1) is 12.6 Å². The number of nitrogens with zero attached hydrogens (tertiary/aromatic N) is 3. The van der Waals surface area contributed by atoms with Gasteiger partial charge < -0.3 is 4.74 Å². The Balaban J connectivity index is 2.03. The van der Waals surface area contributed by atoms with E-state index in [1.165, 1.54) is 0 Å². The zero-order valence-electron chi connectivity index (χ0n) is 13.3. The summed E-state index contributed by atoms with van der Waals surface area (Å²) in [6, 6.07) is 1.70. The third kappa shape index (κ3) is 2.78. The van der Waals surface area contributed by atoms with Crippen LogP contribution in [0.5, 0.6) is 0 Å². The zero-order chi connectivity index (χ0) is 18.4. The maximum Gasteiger partial charge on any atom is 0.350 e. The van der Waals surface area contributed by atoms with Gasteiger partial charge in [0.1, 0.15) is 11.8 Å². The molecule has 3 heterocycles. The van der Waals surface area contributed by atoms with E-state index in [2.05, 4.69) is 27.7 Å². The van der Waals surface area contributed by atoms with Crippen molar-refractivity contribution in [1.29, 1.82) is 0 Å². The number of aromatic nitrogens is 4. The van der Waals surface area contributed by atoms with Crippen molar-refractivity contribution in [2.45, 2.75) is 30.5 Å². The molecule has 6 nitrogen and oxygen atoms in total. The van der Waals surface area contributed by atoms with Crippen LogP contribution in [0.4, 0.5) is 13.2 Å². The van der Waals surface area contributed by atoms with Crippen LogP contribution in [0.2, 0.25) is 0 Å². The van der Waals surface area contributed by atoms with Crippen molar-refractivity contribution in [3.63, 3.8) is 0 Å². The number of benzene rings is 1. The molecule has 1 aliphatic rings. The number of hydrogen-bond acceptors (Lipinski definition) is 5. The molecular weight excluding hydrogens is 369 g/mol. The molecule has 1 unspecified atom stereocenters. The second kappa shape index (κ2) is 6.44. The number of halogens is 3. The fourth-order valence-corrected chi connectivity index (χ4v) is 3.30. The lowest BCUT2D eigenvalue weighted by Gasteiger charge is -2.21. The molecule has 1 aromatic carbocycles. The maximum atomic E-state index is 13.8. The molecule has 2 aromatic heterocycles. The van der Waals surface area contributed by atoms with Crippen LogP contribution in [0.25, 0.3) is 16.8 Å². The monoisotopic (exact) mass is 382 g/mol. The summed E-state index contributed by atoms with van der Waals surface area (Å²) in [5.41, 5.74) is 0.0224. The number of nitrogens with one attached hydrogen (secondary N) is 1. The molecule has 1 atom stereocenters. The Hall–Kier alpha value is -2.33. The van der Waals surface area contributed by atoms with Gasteiger partial charge in [0.2, 0.25) is 0 Å². The fourth-order valence-electron chi connectivity index (χ4n) is 3.11. The summed E-state index contributed by atoms with van der Waals surface area (Å²) < 4.78 is 47.6. The highest BCUT2D eigenvalue weighted by Crippen LogP contribution is 2.37. The lowest BCUT2D eigenvalue weighted by atomic mass is 9.98. The van der Waals surface area contributed by atoms with Crippen molar-refractivity contribution in [2.75, 3.05) is 6.61 Å². The van der Waals surface area contributed by atoms with Crippen LogP contribution in [0.3, 0.4) is 0 Å². The van der Waals surface area contributed by atoms with Gasteiger partial charge in [-0.2, -0.15) is 9.61 Å². The minimum absolute atomic E-state index is 0.0165. The maximum absolute atomic E-state index is 13.8. The molecule has 1 saturated heterocycles. The molecule has 4 rings (SSSR count). The Bertz CT molecular complexity index is 1040. The minimum atomic E-state index is -1.57. The van der Waals surface area contributed by atoms with Gasteiger partial charge in [-0.3, -0.25) is 4.98 Å². The summed E-state index contributed by atoms with van der Waals surface area (Å²) >= 11 is 4.04. The Morgan fingerprint density at radius 2 is 1.96 bits per heavy atom. The Morgan fingerprint density at radius 3 is 2.62 bits per heavy atom. The average Bonchev–Trinajstić information content (AvgIpc) is 2.99. The van der Waals surface area contributed by atoms with E-state index in [1.807, 2.05) is 0 Å². The second-order valence-corrected chi connectivity index (χ2v) is 6.39. The van der Waals surface area contributed by atoms with Crippen molar-refractivity contribution < 1.29 is 17.9 Å². The topological polar surface area (TPSA) is 72.3 Å². The van der Waals surface area contributed by atoms with E-state index >= 15 is 0 Å². The van der Waals surface area contributed by atoms with Gasteiger partial charge in [-0.1, -0.05) is 0 Å².